The summed E-state index contributed by atoms with van der Waals surface area (Å²) in [5.74, 6) is 1.17. The molecule has 0 aliphatic carbocycles. The summed E-state index contributed by atoms with van der Waals surface area (Å²) < 4.78 is 26.9. The first-order chi connectivity index (χ1) is 16.0. The van der Waals surface area contributed by atoms with Crippen LogP contribution in [0.1, 0.15) is 25.0 Å². The number of carbonyl (C=O) groups is 2. The number of hydrogen-bond acceptors (Lipinski definition) is 9. The number of amides is 1. The zero-order valence-corrected chi connectivity index (χ0v) is 19.1. The summed E-state index contributed by atoms with van der Waals surface area (Å²) in [5.41, 5.74) is 1.26. The number of thiol groups is 1. The fraction of sp³-hybridized carbons (Fsp3) is 0.391. The van der Waals surface area contributed by atoms with Crippen LogP contribution in [0.4, 0.5) is 10.5 Å². The lowest BCUT2D eigenvalue weighted by Crippen LogP contribution is -2.23. The third-order valence-electron chi connectivity index (χ3n) is 4.90. The lowest BCUT2D eigenvalue weighted by atomic mass is 9.94. The molecule has 0 saturated heterocycles. The van der Waals surface area contributed by atoms with Gasteiger partial charge in [-0.2, -0.15) is 12.6 Å². The Morgan fingerprint density at radius 1 is 1.12 bits per heavy atom. The minimum Gasteiger partial charge on any atom is -0.491 e. The number of fused-ring (bicyclic) bond motifs is 1. The molecule has 0 saturated carbocycles. The maximum absolute atomic E-state index is 12.7. The van der Waals surface area contributed by atoms with Crippen LogP contribution in [0, 0.1) is 5.92 Å². The molecule has 0 unspecified atom stereocenters. The molecular weight excluding hydrogens is 450 g/mol. The normalized spacial score (nSPS) is 13.7. The fourth-order valence-electron chi connectivity index (χ4n) is 3.22. The number of carbonyl (C=O) groups excluding carboxylic acids is 2. The maximum atomic E-state index is 12.7. The monoisotopic (exact) mass is 477 g/mol. The van der Waals surface area contributed by atoms with Crippen molar-refractivity contribution in [2.75, 3.05) is 37.7 Å². The van der Waals surface area contributed by atoms with Gasteiger partial charge in [0.15, 0.2) is 11.5 Å². The minimum atomic E-state index is -0.640. The molecular formula is C23H27NO8S. The first-order valence-corrected chi connectivity index (χ1v) is 11.1. The van der Waals surface area contributed by atoms with Crippen LogP contribution >= 0.6 is 12.6 Å². The van der Waals surface area contributed by atoms with Crippen molar-refractivity contribution in [3.8, 4) is 17.2 Å². The molecule has 1 aliphatic rings. The molecule has 10 heteroatoms. The van der Waals surface area contributed by atoms with Crippen LogP contribution in [0.25, 0.3) is 0 Å². The molecule has 2 N–H and O–H groups in total. The second-order valence-corrected chi connectivity index (χ2v) is 7.62. The number of benzene rings is 2. The second kappa shape index (κ2) is 12.2. The number of aliphatic hydroxyl groups excluding tert-OH is 1. The maximum Gasteiger partial charge on any atom is 0.412 e. The number of hydrogen-bond donors (Lipinski definition) is 3. The van der Waals surface area contributed by atoms with Gasteiger partial charge < -0.3 is 28.8 Å². The molecule has 1 amide bonds. The van der Waals surface area contributed by atoms with Crippen molar-refractivity contribution in [1.29, 1.82) is 0 Å². The Morgan fingerprint density at radius 2 is 1.88 bits per heavy atom. The number of anilines is 1. The van der Waals surface area contributed by atoms with Crippen molar-refractivity contribution in [1.82, 2.24) is 0 Å². The van der Waals surface area contributed by atoms with E-state index in [2.05, 4.69) is 17.9 Å². The summed E-state index contributed by atoms with van der Waals surface area (Å²) in [7, 11) is 0. The van der Waals surface area contributed by atoms with Crippen LogP contribution in [0.5, 0.6) is 17.2 Å². The van der Waals surface area contributed by atoms with E-state index >= 15 is 0 Å². The van der Waals surface area contributed by atoms with E-state index in [0.717, 1.165) is 5.56 Å². The van der Waals surface area contributed by atoms with Crippen LogP contribution < -0.4 is 19.5 Å². The molecule has 3 rings (SSSR count). The van der Waals surface area contributed by atoms with Gasteiger partial charge in [-0.3, -0.25) is 10.1 Å². The zero-order chi connectivity index (χ0) is 23.6. The van der Waals surface area contributed by atoms with Crippen LogP contribution in [-0.4, -0.2) is 49.5 Å². The number of aliphatic hydroxyl groups is 1. The Hall–Kier alpha value is -3.11. The molecule has 9 nitrogen and oxygen atoms in total. The molecule has 1 heterocycles. The molecule has 178 valence electrons. The van der Waals surface area contributed by atoms with E-state index in [1.807, 2.05) is 6.92 Å². The van der Waals surface area contributed by atoms with E-state index in [1.54, 1.807) is 42.5 Å². The molecule has 0 radical (unpaired) electrons. The summed E-state index contributed by atoms with van der Waals surface area (Å²) in [6.45, 7) is 2.32. The summed E-state index contributed by atoms with van der Waals surface area (Å²) in [5, 5.41) is 11.6. The lowest BCUT2D eigenvalue weighted by molar-refractivity contribution is -0.141. The third kappa shape index (κ3) is 7.19. The van der Waals surface area contributed by atoms with Gasteiger partial charge in [0.05, 0.1) is 19.0 Å². The highest BCUT2D eigenvalue weighted by atomic mass is 32.1. The third-order valence-corrected chi connectivity index (χ3v) is 5.16. The van der Waals surface area contributed by atoms with Gasteiger partial charge >= 0.3 is 12.1 Å². The highest BCUT2D eigenvalue weighted by Gasteiger charge is 2.25. The van der Waals surface area contributed by atoms with E-state index in [0.29, 0.717) is 29.4 Å². The van der Waals surface area contributed by atoms with Gasteiger partial charge in [0.25, 0.3) is 0 Å². The van der Waals surface area contributed by atoms with Gasteiger partial charge in [-0.15, -0.1) is 0 Å². The van der Waals surface area contributed by atoms with E-state index in [1.165, 1.54) is 0 Å². The first kappa shape index (κ1) is 24.5. The second-order valence-electron chi connectivity index (χ2n) is 7.30. The van der Waals surface area contributed by atoms with Crippen molar-refractivity contribution >= 4 is 30.4 Å². The molecule has 2 aromatic rings. The van der Waals surface area contributed by atoms with Crippen molar-refractivity contribution < 1.29 is 38.4 Å². The molecule has 0 bridgehead atoms. The molecule has 1 aliphatic heterocycles. The van der Waals surface area contributed by atoms with Crippen molar-refractivity contribution in [3.63, 3.8) is 0 Å². The van der Waals surface area contributed by atoms with Gasteiger partial charge in [-0.05, 0) is 36.2 Å². The van der Waals surface area contributed by atoms with E-state index < -0.39 is 18.2 Å². The Morgan fingerprint density at radius 3 is 2.61 bits per heavy atom. The van der Waals surface area contributed by atoms with Crippen molar-refractivity contribution in [2.45, 2.75) is 19.4 Å². The van der Waals surface area contributed by atoms with Crippen LogP contribution in [-0.2, 0) is 14.3 Å². The molecule has 0 spiro atoms. The average Bonchev–Trinajstić information content (AvgIpc) is 3.29. The smallest absolute Gasteiger partial charge is 0.412 e. The Balaban J connectivity index is 1.68. The zero-order valence-electron chi connectivity index (χ0n) is 18.2. The summed E-state index contributed by atoms with van der Waals surface area (Å²) in [6.07, 6.45) is -0.774. The Bertz CT molecular complexity index is 937. The predicted molar refractivity (Wildman–Crippen MR) is 123 cm³/mol. The van der Waals surface area contributed by atoms with Gasteiger partial charge in [-0.25, -0.2) is 4.79 Å². The predicted octanol–water partition coefficient (Wildman–Crippen LogP) is 3.58. The highest BCUT2D eigenvalue weighted by Crippen LogP contribution is 2.35. The SMILES string of the molecule is C[C@@H](CCOC(=O)CS)[C@H](OC(=O)Nc1ccc2c(c1)OCO2)c1ccc(OCCO)cc1. The largest absolute Gasteiger partial charge is 0.491 e. The van der Waals surface area contributed by atoms with Crippen LogP contribution in [0.2, 0.25) is 0 Å². The highest BCUT2D eigenvalue weighted by molar-refractivity contribution is 7.81. The minimum absolute atomic E-state index is 0.00154. The quantitative estimate of drug-likeness (QED) is 0.333. The lowest BCUT2D eigenvalue weighted by Gasteiger charge is -2.25. The topological polar surface area (TPSA) is 113 Å². The van der Waals surface area contributed by atoms with E-state index in [9.17, 15) is 9.59 Å². The number of ether oxygens (including phenoxy) is 5. The Labute approximate surface area is 197 Å². The standard InChI is InChI=1S/C23H27NO8S/c1-15(8-10-29-21(26)13-33)22(16-2-5-18(6-3-16)28-11-9-25)32-23(27)24-17-4-7-19-20(12-17)31-14-30-19/h2-7,12,15,22,25,33H,8-11,13-14H2,1H3,(H,24,27)/t15-,22-/m0/s1. The van der Waals surface area contributed by atoms with Crippen LogP contribution in [0.3, 0.4) is 0 Å². The molecule has 0 aromatic heterocycles. The summed E-state index contributed by atoms with van der Waals surface area (Å²) in [6, 6.07) is 12.1. The van der Waals surface area contributed by atoms with Crippen molar-refractivity contribution in [2.24, 2.45) is 5.92 Å². The molecule has 2 aromatic carbocycles. The van der Waals surface area contributed by atoms with E-state index in [4.69, 9.17) is 28.8 Å². The number of esters is 1. The molecule has 2 atom stereocenters. The first-order valence-electron chi connectivity index (χ1n) is 10.5. The van der Waals surface area contributed by atoms with Gasteiger partial charge in [-0.1, -0.05) is 19.1 Å². The van der Waals surface area contributed by atoms with Crippen LogP contribution in [0.15, 0.2) is 42.5 Å². The molecule has 33 heavy (non-hydrogen) atoms. The summed E-state index contributed by atoms with van der Waals surface area (Å²) >= 11 is 3.89. The average molecular weight is 478 g/mol. The van der Waals surface area contributed by atoms with Gasteiger partial charge in [0, 0.05) is 17.7 Å². The van der Waals surface area contributed by atoms with Gasteiger partial charge in [0.1, 0.15) is 18.5 Å². The Kier molecular flexibility index (Phi) is 9.08. The summed E-state index contributed by atoms with van der Waals surface area (Å²) in [4.78, 5) is 24.1. The van der Waals surface area contributed by atoms with Gasteiger partial charge in [0.2, 0.25) is 6.79 Å². The van der Waals surface area contributed by atoms with E-state index in [-0.39, 0.29) is 38.3 Å². The van der Waals surface area contributed by atoms with Crippen molar-refractivity contribution in [3.05, 3.63) is 48.0 Å². The fourth-order valence-corrected chi connectivity index (χ4v) is 3.31. The number of nitrogens with one attached hydrogen (secondary N) is 1. The molecule has 0 fully saturated rings. The number of rotatable bonds is 11.